The van der Waals surface area contributed by atoms with Crippen molar-refractivity contribution in [2.75, 3.05) is 32.8 Å². The monoisotopic (exact) mass is 284 g/mol. The van der Waals surface area contributed by atoms with E-state index in [0.717, 1.165) is 19.4 Å². The van der Waals surface area contributed by atoms with Crippen LogP contribution in [0.4, 0.5) is 0 Å². The van der Waals surface area contributed by atoms with Gasteiger partial charge in [-0.05, 0) is 26.2 Å². The second kappa shape index (κ2) is 7.59. The summed E-state index contributed by atoms with van der Waals surface area (Å²) in [7, 11) is 0. The van der Waals surface area contributed by atoms with Crippen LogP contribution in [0.15, 0.2) is 0 Å². The lowest BCUT2D eigenvalue weighted by molar-refractivity contribution is -0.157. The number of esters is 1. The molecule has 1 amide bonds. The van der Waals surface area contributed by atoms with Gasteiger partial charge in [-0.1, -0.05) is 0 Å². The molecule has 2 saturated heterocycles. The van der Waals surface area contributed by atoms with Crippen LogP contribution >= 0.6 is 0 Å². The summed E-state index contributed by atoms with van der Waals surface area (Å²) in [6.07, 6.45) is 2.87. The minimum absolute atomic E-state index is 0.00328. The van der Waals surface area contributed by atoms with E-state index in [9.17, 15) is 9.59 Å². The summed E-state index contributed by atoms with van der Waals surface area (Å²) < 4.78 is 10.6. The van der Waals surface area contributed by atoms with Gasteiger partial charge in [0.1, 0.15) is 6.04 Å². The summed E-state index contributed by atoms with van der Waals surface area (Å²) in [5, 5.41) is 3.21. The lowest BCUT2D eigenvalue weighted by Gasteiger charge is -2.35. The molecule has 0 bridgehead atoms. The Bertz CT molecular complexity index is 342. The zero-order chi connectivity index (χ0) is 14.4. The molecule has 0 saturated carbocycles. The van der Waals surface area contributed by atoms with E-state index >= 15 is 0 Å². The number of rotatable bonds is 4. The molecular formula is C14H24N2O4. The third kappa shape index (κ3) is 3.93. The highest BCUT2D eigenvalue weighted by Crippen LogP contribution is 2.20. The van der Waals surface area contributed by atoms with E-state index < -0.39 is 6.04 Å². The lowest BCUT2D eigenvalue weighted by atomic mass is 10.0. The second-order valence-corrected chi connectivity index (χ2v) is 5.25. The molecule has 2 rings (SSSR count). The Kier molecular flexibility index (Phi) is 5.79. The Balaban J connectivity index is 1.92. The summed E-state index contributed by atoms with van der Waals surface area (Å²) in [4.78, 5) is 26.0. The molecular weight excluding hydrogens is 260 g/mol. The zero-order valence-corrected chi connectivity index (χ0v) is 12.1. The first-order valence-electron chi connectivity index (χ1n) is 7.50. The molecule has 6 nitrogen and oxygen atoms in total. The van der Waals surface area contributed by atoms with Gasteiger partial charge in [-0.2, -0.15) is 0 Å². The van der Waals surface area contributed by atoms with Crippen molar-refractivity contribution >= 4 is 11.9 Å². The summed E-state index contributed by atoms with van der Waals surface area (Å²) in [6, 6.07) is -0.409. The number of likely N-dealkylation sites (tertiary alicyclic amines) is 1. The first kappa shape index (κ1) is 15.3. The van der Waals surface area contributed by atoms with E-state index in [-0.39, 0.29) is 18.0 Å². The molecule has 0 radical (unpaired) electrons. The van der Waals surface area contributed by atoms with Crippen molar-refractivity contribution < 1.29 is 19.1 Å². The van der Waals surface area contributed by atoms with Crippen molar-refractivity contribution in [2.24, 2.45) is 0 Å². The number of ether oxygens (including phenoxy) is 2. The summed E-state index contributed by atoms with van der Waals surface area (Å²) in [5.74, 6) is -0.278. The van der Waals surface area contributed by atoms with Crippen LogP contribution in [0.25, 0.3) is 0 Å². The first-order valence-corrected chi connectivity index (χ1v) is 7.50. The minimum Gasteiger partial charge on any atom is -0.464 e. The van der Waals surface area contributed by atoms with Crippen molar-refractivity contribution in [1.82, 2.24) is 10.2 Å². The van der Waals surface area contributed by atoms with Crippen LogP contribution < -0.4 is 5.32 Å². The van der Waals surface area contributed by atoms with Gasteiger partial charge < -0.3 is 19.7 Å². The van der Waals surface area contributed by atoms with Gasteiger partial charge in [0.2, 0.25) is 5.91 Å². The van der Waals surface area contributed by atoms with Gasteiger partial charge in [-0.15, -0.1) is 0 Å². The standard InChI is InChI=1S/C14H24N2O4/c1-2-19-14(18)12-5-3-4-7-16(12)13(17)9-11-10-15-6-8-20-11/h11-12,15H,2-10H2,1H3. The number of piperidine rings is 1. The maximum absolute atomic E-state index is 12.4. The van der Waals surface area contributed by atoms with Crippen LogP contribution in [0.5, 0.6) is 0 Å². The largest absolute Gasteiger partial charge is 0.464 e. The number of hydrogen-bond acceptors (Lipinski definition) is 5. The molecule has 0 aromatic rings. The maximum atomic E-state index is 12.4. The minimum atomic E-state index is -0.409. The number of carbonyl (C=O) groups excluding carboxylic acids is 2. The Morgan fingerprint density at radius 2 is 2.25 bits per heavy atom. The Hall–Kier alpha value is -1.14. The number of carbonyl (C=O) groups is 2. The Labute approximate surface area is 119 Å². The number of amides is 1. The Morgan fingerprint density at radius 3 is 2.95 bits per heavy atom. The number of nitrogens with one attached hydrogen (secondary N) is 1. The number of nitrogens with zero attached hydrogens (tertiary/aromatic N) is 1. The molecule has 2 fully saturated rings. The molecule has 1 N–H and O–H groups in total. The maximum Gasteiger partial charge on any atom is 0.328 e. The van der Waals surface area contributed by atoms with Gasteiger partial charge in [0.25, 0.3) is 0 Å². The third-order valence-electron chi connectivity index (χ3n) is 3.79. The highest BCUT2D eigenvalue weighted by molar-refractivity contribution is 5.85. The van der Waals surface area contributed by atoms with Gasteiger partial charge in [-0.3, -0.25) is 4.79 Å². The van der Waals surface area contributed by atoms with E-state index in [1.54, 1.807) is 11.8 Å². The van der Waals surface area contributed by atoms with Crippen LogP contribution in [0.3, 0.4) is 0 Å². The van der Waals surface area contributed by atoms with Gasteiger partial charge in [0, 0.05) is 19.6 Å². The molecule has 2 aliphatic rings. The number of morpholine rings is 1. The smallest absolute Gasteiger partial charge is 0.328 e. The van der Waals surface area contributed by atoms with Crippen LogP contribution in [-0.2, 0) is 19.1 Å². The average Bonchev–Trinajstić information content (AvgIpc) is 2.48. The highest BCUT2D eigenvalue weighted by atomic mass is 16.5. The zero-order valence-electron chi connectivity index (χ0n) is 12.1. The van der Waals surface area contributed by atoms with E-state index in [0.29, 0.717) is 39.1 Å². The molecule has 0 spiro atoms. The van der Waals surface area contributed by atoms with E-state index in [1.165, 1.54) is 0 Å². The molecule has 2 aliphatic heterocycles. The SMILES string of the molecule is CCOC(=O)C1CCCCN1C(=O)CC1CNCCO1. The van der Waals surface area contributed by atoms with Gasteiger partial charge in [0.05, 0.1) is 25.7 Å². The summed E-state index contributed by atoms with van der Waals surface area (Å²) in [6.45, 7) is 4.95. The Morgan fingerprint density at radius 1 is 1.40 bits per heavy atom. The summed E-state index contributed by atoms with van der Waals surface area (Å²) in [5.41, 5.74) is 0. The molecule has 0 aromatic heterocycles. The summed E-state index contributed by atoms with van der Waals surface area (Å²) >= 11 is 0. The van der Waals surface area contributed by atoms with E-state index in [4.69, 9.17) is 9.47 Å². The second-order valence-electron chi connectivity index (χ2n) is 5.25. The molecule has 2 unspecified atom stereocenters. The normalized spacial score (nSPS) is 27.1. The lowest BCUT2D eigenvalue weighted by Crippen LogP contribution is -2.50. The van der Waals surface area contributed by atoms with Gasteiger partial charge in [-0.25, -0.2) is 4.79 Å². The molecule has 2 atom stereocenters. The van der Waals surface area contributed by atoms with Crippen molar-refractivity contribution in [1.29, 1.82) is 0 Å². The van der Waals surface area contributed by atoms with E-state index in [2.05, 4.69) is 5.32 Å². The molecule has 2 heterocycles. The third-order valence-corrected chi connectivity index (χ3v) is 3.79. The van der Waals surface area contributed by atoms with E-state index in [1.807, 2.05) is 0 Å². The number of hydrogen-bond donors (Lipinski definition) is 1. The topological polar surface area (TPSA) is 67.9 Å². The van der Waals surface area contributed by atoms with Crippen LogP contribution in [0.2, 0.25) is 0 Å². The molecule has 6 heteroatoms. The van der Waals surface area contributed by atoms with Gasteiger partial charge in [0.15, 0.2) is 0 Å². The first-order chi connectivity index (χ1) is 9.72. The predicted octanol–water partition coefficient (Wildman–Crippen LogP) is 0.309. The predicted molar refractivity (Wildman–Crippen MR) is 73.2 cm³/mol. The van der Waals surface area contributed by atoms with Crippen molar-refractivity contribution in [3.8, 4) is 0 Å². The fraction of sp³-hybridized carbons (Fsp3) is 0.857. The molecule has 20 heavy (non-hydrogen) atoms. The van der Waals surface area contributed by atoms with Crippen molar-refractivity contribution in [3.63, 3.8) is 0 Å². The van der Waals surface area contributed by atoms with Crippen LogP contribution in [0.1, 0.15) is 32.6 Å². The van der Waals surface area contributed by atoms with Crippen LogP contribution in [-0.4, -0.2) is 61.8 Å². The molecule has 114 valence electrons. The van der Waals surface area contributed by atoms with Gasteiger partial charge >= 0.3 is 5.97 Å². The van der Waals surface area contributed by atoms with Crippen molar-refractivity contribution in [3.05, 3.63) is 0 Å². The fourth-order valence-electron chi connectivity index (χ4n) is 2.78. The quantitative estimate of drug-likeness (QED) is 0.753. The average molecular weight is 284 g/mol. The van der Waals surface area contributed by atoms with Crippen LogP contribution in [0, 0.1) is 0 Å². The molecule has 0 aliphatic carbocycles. The fourth-order valence-corrected chi connectivity index (χ4v) is 2.78. The highest BCUT2D eigenvalue weighted by Gasteiger charge is 2.34. The van der Waals surface area contributed by atoms with Crippen molar-refractivity contribution in [2.45, 2.75) is 44.8 Å². The molecule has 0 aromatic carbocycles.